The number of rotatable bonds is 5. The van der Waals surface area contributed by atoms with Crippen molar-refractivity contribution in [3.05, 3.63) is 50.8 Å². The lowest BCUT2D eigenvalue weighted by molar-refractivity contribution is 0.412. The third-order valence-electron chi connectivity index (χ3n) is 2.87. The third-order valence-corrected chi connectivity index (χ3v) is 4.58. The Hall–Kier alpha value is -0.780. The van der Waals surface area contributed by atoms with Crippen LogP contribution in [0.2, 0.25) is 0 Å². The van der Waals surface area contributed by atoms with Gasteiger partial charge in [0, 0.05) is 6.04 Å². The zero-order valence-corrected chi connectivity index (χ0v) is 13.9. The highest BCUT2D eigenvalue weighted by Crippen LogP contribution is 2.27. The van der Waals surface area contributed by atoms with E-state index < -0.39 is 0 Å². The molecule has 2 rings (SSSR count). The molecule has 19 heavy (non-hydrogen) atoms. The summed E-state index contributed by atoms with van der Waals surface area (Å²) in [6, 6.07) is 10.2. The molecule has 1 N–H and O–H groups in total. The second kappa shape index (κ2) is 6.59. The molecule has 1 unspecified atom stereocenters. The lowest BCUT2D eigenvalue weighted by Gasteiger charge is -2.14. The Labute approximate surface area is 129 Å². The highest BCUT2D eigenvalue weighted by molar-refractivity contribution is 9.13. The van der Waals surface area contributed by atoms with Crippen LogP contribution in [0.5, 0.6) is 5.75 Å². The van der Waals surface area contributed by atoms with Crippen LogP contribution >= 0.6 is 31.9 Å². The van der Waals surface area contributed by atoms with Gasteiger partial charge in [-0.25, -0.2) is 0 Å². The number of hydrogen-bond acceptors (Lipinski definition) is 3. The number of nitrogens with one attached hydrogen (secondary N) is 1. The molecule has 0 bridgehead atoms. The molecule has 0 spiro atoms. The monoisotopic (exact) mass is 387 g/mol. The van der Waals surface area contributed by atoms with E-state index in [2.05, 4.69) is 50.2 Å². The Bertz CT molecular complexity index is 535. The molecule has 0 radical (unpaired) electrons. The summed E-state index contributed by atoms with van der Waals surface area (Å²) in [6.07, 6.45) is 0. The van der Waals surface area contributed by atoms with Gasteiger partial charge in [-0.2, -0.15) is 0 Å². The quantitative estimate of drug-likeness (QED) is 0.808. The molecule has 5 heteroatoms. The maximum absolute atomic E-state index is 5.53. The van der Waals surface area contributed by atoms with E-state index >= 15 is 0 Å². The number of methoxy groups -OCH3 is 1. The van der Waals surface area contributed by atoms with E-state index in [1.54, 1.807) is 7.11 Å². The van der Waals surface area contributed by atoms with Gasteiger partial charge in [0.2, 0.25) is 0 Å². The predicted octanol–water partition coefficient (Wildman–Crippen LogP) is 4.66. The molecule has 0 aliphatic carbocycles. The highest BCUT2D eigenvalue weighted by Gasteiger charge is 2.09. The van der Waals surface area contributed by atoms with Crippen LogP contribution in [0.25, 0.3) is 0 Å². The maximum Gasteiger partial charge on any atom is 0.183 e. The van der Waals surface area contributed by atoms with Crippen molar-refractivity contribution in [2.75, 3.05) is 7.11 Å². The van der Waals surface area contributed by atoms with E-state index in [1.807, 2.05) is 24.3 Å². The van der Waals surface area contributed by atoms with Crippen LogP contribution < -0.4 is 10.1 Å². The van der Waals surface area contributed by atoms with Crippen LogP contribution in [0.1, 0.15) is 24.3 Å². The normalized spacial score (nSPS) is 12.4. The summed E-state index contributed by atoms with van der Waals surface area (Å²) < 4.78 is 12.4. The van der Waals surface area contributed by atoms with Crippen LogP contribution in [-0.2, 0) is 6.54 Å². The van der Waals surface area contributed by atoms with E-state index in [0.717, 1.165) is 20.7 Å². The van der Waals surface area contributed by atoms with Gasteiger partial charge >= 0.3 is 0 Å². The fourth-order valence-electron chi connectivity index (χ4n) is 1.76. The van der Waals surface area contributed by atoms with Crippen molar-refractivity contribution in [2.24, 2.45) is 0 Å². The fraction of sp³-hybridized carbons (Fsp3) is 0.286. The van der Waals surface area contributed by atoms with Crippen molar-refractivity contribution in [3.63, 3.8) is 0 Å². The molecule has 1 aromatic carbocycles. The first-order valence-corrected chi connectivity index (χ1v) is 7.50. The Morgan fingerprint density at radius 2 is 2.11 bits per heavy atom. The molecule has 0 amide bonds. The summed E-state index contributed by atoms with van der Waals surface area (Å²) in [7, 11) is 1.68. The predicted molar refractivity (Wildman–Crippen MR) is 82.4 cm³/mol. The Morgan fingerprint density at radius 3 is 2.74 bits per heavy atom. The Balaban J connectivity index is 1.98. The van der Waals surface area contributed by atoms with Gasteiger partial charge in [0.1, 0.15) is 11.5 Å². The molecule has 3 nitrogen and oxygen atoms in total. The minimum Gasteiger partial charge on any atom is -0.497 e. The van der Waals surface area contributed by atoms with E-state index in [1.165, 1.54) is 5.56 Å². The molecule has 0 aliphatic rings. The molecule has 2 aromatic rings. The summed E-state index contributed by atoms with van der Waals surface area (Å²) >= 11 is 6.73. The van der Waals surface area contributed by atoms with Gasteiger partial charge < -0.3 is 14.5 Å². The van der Waals surface area contributed by atoms with E-state index in [0.29, 0.717) is 6.54 Å². The smallest absolute Gasteiger partial charge is 0.183 e. The first kappa shape index (κ1) is 14.6. The first-order chi connectivity index (χ1) is 9.10. The zero-order chi connectivity index (χ0) is 13.8. The number of benzene rings is 1. The molecule has 102 valence electrons. The van der Waals surface area contributed by atoms with Gasteiger partial charge in [-0.3, -0.25) is 0 Å². The standard InChI is InChI=1S/C14H15Br2NO2/c1-9(10-4-3-5-11(6-10)18-2)17-8-12-7-13(15)14(16)19-12/h3-7,9,17H,8H2,1-2H3. The van der Waals surface area contributed by atoms with Crippen molar-refractivity contribution in [1.29, 1.82) is 0 Å². The fourth-order valence-corrected chi connectivity index (χ4v) is 2.42. The van der Waals surface area contributed by atoms with Gasteiger partial charge in [0.05, 0.1) is 18.1 Å². The van der Waals surface area contributed by atoms with E-state index in [9.17, 15) is 0 Å². The van der Waals surface area contributed by atoms with Crippen molar-refractivity contribution < 1.29 is 9.15 Å². The minimum absolute atomic E-state index is 0.220. The van der Waals surface area contributed by atoms with Crippen molar-refractivity contribution in [3.8, 4) is 5.75 Å². The van der Waals surface area contributed by atoms with Gasteiger partial charge in [0.25, 0.3) is 0 Å². The molecule has 1 heterocycles. The SMILES string of the molecule is COc1cccc(C(C)NCc2cc(Br)c(Br)o2)c1. The lowest BCUT2D eigenvalue weighted by atomic mass is 10.1. The van der Waals surface area contributed by atoms with Crippen LogP contribution in [0.15, 0.2) is 43.9 Å². The maximum atomic E-state index is 5.53. The molecule has 1 atom stereocenters. The summed E-state index contributed by atoms with van der Waals surface area (Å²) in [4.78, 5) is 0. The Kier molecular flexibility index (Phi) is 5.07. The van der Waals surface area contributed by atoms with E-state index in [4.69, 9.17) is 9.15 Å². The molecule has 0 saturated carbocycles. The summed E-state index contributed by atoms with van der Waals surface area (Å²) in [5.41, 5.74) is 1.18. The molecular formula is C14H15Br2NO2. The average molecular weight is 389 g/mol. The van der Waals surface area contributed by atoms with Gasteiger partial charge in [0.15, 0.2) is 4.67 Å². The lowest BCUT2D eigenvalue weighted by Crippen LogP contribution is -2.17. The zero-order valence-electron chi connectivity index (χ0n) is 10.7. The molecule has 1 aromatic heterocycles. The van der Waals surface area contributed by atoms with Gasteiger partial charge in [-0.05, 0) is 62.5 Å². The van der Waals surface area contributed by atoms with Crippen molar-refractivity contribution >= 4 is 31.9 Å². The van der Waals surface area contributed by atoms with Crippen LogP contribution in [0, 0.1) is 0 Å². The summed E-state index contributed by atoms with van der Waals surface area (Å²) in [5, 5.41) is 3.42. The van der Waals surface area contributed by atoms with Crippen molar-refractivity contribution in [1.82, 2.24) is 5.32 Å². The van der Waals surface area contributed by atoms with Crippen LogP contribution in [0.4, 0.5) is 0 Å². The molecular weight excluding hydrogens is 374 g/mol. The third kappa shape index (κ3) is 3.84. The van der Waals surface area contributed by atoms with Gasteiger partial charge in [-0.1, -0.05) is 12.1 Å². The van der Waals surface area contributed by atoms with Gasteiger partial charge in [-0.15, -0.1) is 0 Å². The number of halogens is 2. The van der Waals surface area contributed by atoms with E-state index in [-0.39, 0.29) is 6.04 Å². The second-order valence-corrected chi connectivity index (χ2v) is 5.79. The minimum atomic E-state index is 0.220. The molecule has 0 fully saturated rings. The second-order valence-electron chi connectivity index (χ2n) is 4.21. The number of hydrogen-bond donors (Lipinski definition) is 1. The average Bonchev–Trinajstić information content (AvgIpc) is 2.75. The van der Waals surface area contributed by atoms with Crippen molar-refractivity contribution in [2.45, 2.75) is 19.5 Å². The topological polar surface area (TPSA) is 34.4 Å². The Morgan fingerprint density at radius 1 is 1.32 bits per heavy atom. The van der Waals surface area contributed by atoms with Crippen LogP contribution in [0.3, 0.4) is 0 Å². The van der Waals surface area contributed by atoms with Crippen LogP contribution in [-0.4, -0.2) is 7.11 Å². The largest absolute Gasteiger partial charge is 0.497 e. The number of ether oxygens (including phenoxy) is 1. The highest BCUT2D eigenvalue weighted by atomic mass is 79.9. The first-order valence-electron chi connectivity index (χ1n) is 5.91. The number of furan rings is 1. The molecule has 0 saturated heterocycles. The molecule has 0 aliphatic heterocycles. The summed E-state index contributed by atoms with van der Waals surface area (Å²) in [5.74, 6) is 1.75. The summed E-state index contributed by atoms with van der Waals surface area (Å²) in [6.45, 7) is 2.78.